The lowest BCUT2D eigenvalue weighted by Gasteiger charge is -2.26. The Labute approximate surface area is 109 Å². The van der Waals surface area contributed by atoms with Crippen LogP contribution in [-0.2, 0) is 0 Å². The van der Waals surface area contributed by atoms with Crippen LogP contribution in [0.1, 0.15) is 16.7 Å². The summed E-state index contributed by atoms with van der Waals surface area (Å²) in [4.78, 5) is 0. The second-order valence-corrected chi connectivity index (χ2v) is 4.73. The molecule has 0 fully saturated rings. The molecule has 0 heterocycles. The topological polar surface area (TPSA) is 15.3 Å². The van der Waals surface area contributed by atoms with Crippen LogP contribution in [0.5, 0.6) is 0 Å². The monoisotopic (exact) mass is 240 g/mol. The van der Waals surface area contributed by atoms with Crippen molar-refractivity contribution >= 4 is 11.4 Å². The van der Waals surface area contributed by atoms with Gasteiger partial charge in [-0.05, 0) is 43.5 Å². The summed E-state index contributed by atoms with van der Waals surface area (Å²) in [6.45, 7) is 6.39. The number of hydrogen-bond acceptors (Lipinski definition) is 2. The normalized spacial score (nSPS) is 10.2. The van der Waals surface area contributed by atoms with E-state index in [1.165, 1.54) is 22.4 Å². The molecule has 0 spiro atoms. The van der Waals surface area contributed by atoms with Gasteiger partial charge >= 0.3 is 0 Å². The van der Waals surface area contributed by atoms with Crippen LogP contribution in [0, 0.1) is 20.8 Å². The van der Waals surface area contributed by atoms with Crippen LogP contribution in [0.25, 0.3) is 0 Å². The fraction of sp³-hybridized carbons (Fsp3) is 0.250. The molecule has 2 nitrogen and oxygen atoms in total. The molecule has 0 aliphatic heterocycles. The minimum atomic E-state index is 1.14. The SMILES string of the molecule is Cc1ccccc1NN(C)c1c(C)cccc1C. The molecule has 2 aromatic rings. The molecule has 2 heteroatoms. The Morgan fingerprint density at radius 1 is 0.778 bits per heavy atom. The second-order valence-electron chi connectivity index (χ2n) is 4.73. The molecule has 0 aromatic heterocycles. The minimum Gasteiger partial charge on any atom is -0.298 e. The number of hydrogen-bond donors (Lipinski definition) is 1. The van der Waals surface area contributed by atoms with Crippen LogP contribution in [0.4, 0.5) is 11.4 Å². The van der Waals surface area contributed by atoms with Crippen LogP contribution >= 0.6 is 0 Å². The minimum absolute atomic E-state index is 1.14. The molecule has 18 heavy (non-hydrogen) atoms. The number of nitrogens with zero attached hydrogens (tertiary/aromatic N) is 1. The zero-order valence-electron chi connectivity index (χ0n) is 11.5. The number of nitrogens with one attached hydrogen (secondary N) is 1. The van der Waals surface area contributed by atoms with Crippen LogP contribution in [0.15, 0.2) is 42.5 Å². The van der Waals surface area contributed by atoms with Gasteiger partial charge < -0.3 is 0 Å². The van der Waals surface area contributed by atoms with E-state index in [9.17, 15) is 0 Å². The van der Waals surface area contributed by atoms with Gasteiger partial charge in [0.1, 0.15) is 0 Å². The lowest BCUT2D eigenvalue weighted by molar-refractivity contribution is 1.06. The number of anilines is 2. The summed E-state index contributed by atoms with van der Waals surface area (Å²) in [5, 5.41) is 2.09. The number of hydrazine groups is 1. The molecule has 0 saturated heterocycles. The van der Waals surface area contributed by atoms with Gasteiger partial charge in [-0.3, -0.25) is 10.4 Å². The lowest BCUT2D eigenvalue weighted by atomic mass is 10.1. The largest absolute Gasteiger partial charge is 0.298 e. The van der Waals surface area contributed by atoms with Crippen LogP contribution in [0.2, 0.25) is 0 Å². The average Bonchev–Trinajstić information content (AvgIpc) is 2.32. The second kappa shape index (κ2) is 5.13. The third-order valence-corrected chi connectivity index (χ3v) is 3.21. The third-order valence-electron chi connectivity index (χ3n) is 3.21. The van der Waals surface area contributed by atoms with E-state index in [-0.39, 0.29) is 0 Å². The Kier molecular flexibility index (Phi) is 3.56. The molecular weight excluding hydrogens is 220 g/mol. The molecule has 1 N–H and O–H groups in total. The number of aryl methyl sites for hydroxylation is 3. The number of para-hydroxylation sites is 2. The molecule has 2 rings (SSSR count). The molecule has 0 aliphatic rings. The van der Waals surface area contributed by atoms with Crippen molar-refractivity contribution in [3.63, 3.8) is 0 Å². The summed E-state index contributed by atoms with van der Waals surface area (Å²) >= 11 is 0. The van der Waals surface area contributed by atoms with Crippen molar-refractivity contribution in [2.45, 2.75) is 20.8 Å². The molecule has 0 bridgehead atoms. The van der Waals surface area contributed by atoms with Gasteiger partial charge in [0, 0.05) is 7.05 Å². The van der Waals surface area contributed by atoms with E-state index in [0.717, 1.165) is 5.69 Å². The highest BCUT2D eigenvalue weighted by Crippen LogP contribution is 2.24. The third kappa shape index (κ3) is 2.48. The maximum Gasteiger partial charge on any atom is 0.0626 e. The summed E-state index contributed by atoms with van der Waals surface area (Å²) in [5.74, 6) is 0. The summed E-state index contributed by atoms with van der Waals surface area (Å²) in [6, 6.07) is 14.7. The molecule has 0 radical (unpaired) electrons. The molecule has 0 aliphatic carbocycles. The molecule has 0 atom stereocenters. The Morgan fingerprint density at radius 2 is 1.33 bits per heavy atom. The Morgan fingerprint density at radius 3 is 1.94 bits per heavy atom. The van der Waals surface area contributed by atoms with Crippen LogP contribution in [-0.4, -0.2) is 7.05 Å². The highest BCUT2D eigenvalue weighted by Gasteiger charge is 2.08. The van der Waals surface area contributed by atoms with Crippen molar-refractivity contribution in [1.82, 2.24) is 0 Å². The van der Waals surface area contributed by atoms with Gasteiger partial charge in [-0.25, -0.2) is 0 Å². The van der Waals surface area contributed by atoms with Gasteiger partial charge in [0.25, 0.3) is 0 Å². The van der Waals surface area contributed by atoms with Crippen LogP contribution in [0.3, 0.4) is 0 Å². The Balaban J connectivity index is 2.28. The fourth-order valence-corrected chi connectivity index (χ4v) is 2.27. The van der Waals surface area contributed by atoms with E-state index >= 15 is 0 Å². The lowest BCUT2D eigenvalue weighted by Crippen LogP contribution is -2.26. The Hall–Kier alpha value is -1.96. The maximum atomic E-state index is 3.44. The average molecular weight is 240 g/mol. The molecule has 0 amide bonds. The first-order valence-corrected chi connectivity index (χ1v) is 6.22. The fourth-order valence-electron chi connectivity index (χ4n) is 2.27. The molecule has 94 valence electrons. The van der Waals surface area contributed by atoms with Crippen molar-refractivity contribution in [3.05, 3.63) is 59.2 Å². The van der Waals surface area contributed by atoms with Crippen molar-refractivity contribution in [2.24, 2.45) is 0 Å². The van der Waals surface area contributed by atoms with Gasteiger partial charge in [0.2, 0.25) is 0 Å². The zero-order valence-corrected chi connectivity index (χ0v) is 11.5. The quantitative estimate of drug-likeness (QED) is 0.813. The summed E-state index contributed by atoms with van der Waals surface area (Å²) < 4.78 is 0. The summed E-state index contributed by atoms with van der Waals surface area (Å²) in [6.07, 6.45) is 0. The molecule has 2 aromatic carbocycles. The van der Waals surface area contributed by atoms with Gasteiger partial charge in [0.05, 0.1) is 11.4 Å². The number of rotatable bonds is 3. The van der Waals surface area contributed by atoms with E-state index in [1.807, 2.05) is 6.07 Å². The van der Waals surface area contributed by atoms with Crippen molar-refractivity contribution in [3.8, 4) is 0 Å². The molecule has 0 unspecified atom stereocenters. The van der Waals surface area contributed by atoms with E-state index in [4.69, 9.17) is 0 Å². The predicted octanol–water partition coefficient (Wildman–Crippen LogP) is 4.08. The molecule has 0 saturated carbocycles. The van der Waals surface area contributed by atoms with Crippen molar-refractivity contribution in [1.29, 1.82) is 0 Å². The first-order valence-electron chi connectivity index (χ1n) is 6.22. The number of benzene rings is 2. The highest BCUT2D eigenvalue weighted by atomic mass is 15.5. The van der Waals surface area contributed by atoms with Gasteiger partial charge in [-0.15, -0.1) is 0 Å². The molecular formula is C16H20N2. The first-order chi connectivity index (χ1) is 8.59. The van der Waals surface area contributed by atoms with Crippen molar-refractivity contribution in [2.75, 3.05) is 17.5 Å². The first kappa shape index (κ1) is 12.5. The predicted molar refractivity (Wildman–Crippen MR) is 79.1 cm³/mol. The smallest absolute Gasteiger partial charge is 0.0626 e. The summed E-state index contributed by atoms with van der Waals surface area (Å²) in [7, 11) is 2.06. The van der Waals surface area contributed by atoms with E-state index < -0.39 is 0 Å². The van der Waals surface area contributed by atoms with E-state index in [0.29, 0.717) is 0 Å². The Bertz CT molecular complexity index is 526. The van der Waals surface area contributed by atoms with Crippen LogP contribution < -0.4 is 10.4 Å². The highest BCUT2D eigenvalue weighted by molar-refractivity contribution is 5.63. The summed E-state index contributed by atoms with van der Waals surface area (Å²) in [5.41, 5.74) is 9.62. The van der Waals surface area contributed by atoms with Gasteiger partial charge in [-0.1, -0.05) is 36.4 Å². The standard InChI is InChI=1S/C16H20N2/c1-12-8-5-6-11-15(12)17-18(4)16-13(2)9-7-10-14(16)3/h5-11,17H,1-4H3. The maximum absolute atomic E-state index is 3.44. The van der Waals surface area contributed by atoms with E-state index in [1.54, 1.807) is 0 Å². The van der Waals surface area contributed by atoms with Gasteiger partial charge in [0.15, 0.2) is 0 Å². The van der Waals surface area contributed by atoms with Gasteiger partial charge in [-0.2, -0.15) is 0 Å². The van der Waals surface area contributed by atoms with E-state index in [2.05, 4.69) is 74.7 Å². The van der Waals surface area contributed by atoms with Crippen molar-refractivity contribution < 1.29 is 0 Å². The zero-order chi connectivity index (χ0) is 13.1.